The van der Waals surface area contributed by atoms with Crippen molar-refractivity contribution in [2.75, 3.05) is 0 Å². The lowest BCUT2D eigenvalue weighted by atomic mass is 9.77. The Labute approximate surface area is 288 Å². The Morgan fingerprint density at radius 1 is 0.674 bits per heavy atom. The van der Waals surface area contributed by atoms with Crippen LogP contribution in [0.1, 0.15) is 42.5 Å². The van der Waals surface area contributed by atoms with Gasteiger partial charge in [0.05, 0.1) is 0 Å². The molecule has 260 valence electrons. The third kappa shape index (κ3) is 14.6. The molecule has 0 aliphatic rings. The topological polar surface area (TPSA) is 77.4 Å². The summed E-state index contributed by atoms with van der Waals surface area (Å²) < 4.78 is 26.4. The van der Waals surface area contributed by atoms with Crippen LogP contribution >= 0.6 is 0 Å². The van der Waals surface area contributed by atoms with Gasteiger partial charge in [0.25, 0.3) is 0 Å². The molecular weight excluding hydrogens is 673 g/mol. The molecule has 0 saturated carbocycles. The zero-order chi connectivity index (χ0) is 35.4. The summed E-state index contributed by atoms with van der Waals surface area (Å²) in [6.07, 6.45) is 5.82. The van der Waals surface area contributed by atoms with Crippen molar-refractivity contribution < 1.29 is 26.7 Å². The predicted molar refractivity (Wildman–Crippen MR) is 212 cm³/mol. The number of aromatic hydroxyl groups is 2. The quantitative estimate of drug-likeness (QED) is 0.158. The monoisotopic (exact) mass is 736 g/mol. The molecule has 0 fully saturated rings. The SMILES string of the molecule is CC(C)(c1ccc(O)c(C=CC[Si](C)(O[Si](C)(C)C)O[Si](C)(C)C)c1)c1ccc(O)c(CCC[SiH](O[Si](C)(C)C)O[Si](C)(C)C)c1. The number of aryl methyl sites for hydroxylation is 1. The normalized spacial score (nSPS) is 14.1. The Hall–Kier alpha value is -1.08. The van der Waals surface area contributed by atoms with Crippen molar-refractivity contribution in [2.45, 2.75) is 129 Å². The maximum absolute atomic E-state index is 10.8. The first-order valence-electron chi connectivity index (χ1n) is 16.8. The van der Waals surface area contributed by atoms with Gasteiger partial charge in [-0.25, -0.2) is 0 Å². The third-order valence-corrected chi connectivity index (χ3v) is 25.2. The zero-order valence-corrected chi connectivity index (χ0v) is 37.7. The fourth-order valence-corrected chi connectivity index (χ4v) is 26.1. The van der Waals surface area contributed by atoms with E-state index in [2.05, 4.69) is 117 Å². The number of allylic oxidation sites excluding steroid dienone is 1. The van der Waals surface area contributed by atoms with Gasteiger partial charge in [-0.05, 0) is 139 Å². The van der Waals surface area contributed by atoms with Crippen LogP contribution in [0.2, 0.25) is 97.2 Å². The Balaban J connectivity index is 2.28. The van der Waals surface area contributed by atoms with Gasteiger partial charge < -0.3 is 26.7 Å². The predicted octanol–water partition coefficient (Wildman–Crippen LogP) is 10.1. The van der Waals surface area contributed by atoms with E-state index >= 15 is 0 Å². The van der Waals surface area contributed by atoms with Crippen molar-refractivity contribution in [3.8, 4) is 11.5 Å². The Morgan fingerprint density at radius 3 is 1.63 bits per heavy atom. The van der Waals surface area contributed by atoms with Gasteiger partial charge in [0, 0.05) is 17.0 Å². The summed E-state index contributed by atoms with van der Waals surface area (Å²) in [4.78, 5) is 0. The van der Waals surface area contributed by atoms with Crippen molar-refractivity contribution >= 4 is 57.2 Å². The molecular formula is C34H64O6Si6. The van der Waals surface area contributed by atoms with Gasteiger partial charge >= 0.3 is 17.8 Å². The second kappa shape index (κ2) is 15.6. The Kier molecular flexibility index (Phi) is 14.0. The lowest BCUT2D eigenvalue weighted by molar-refractivity contribution is 0.389. The van der Waals surface area contributed by atoms with Gasteiger partial charge in [-0.3, -0.25) is 0 Å². The van der Waals surface area contributed by atoms with E-state index in [-0.39, 0.29) is 11.2 Å². The standard InChI is InChI=1S/C34H64O6Si6/c1-34(2,30-20-22-32(35)28(26-30)18-16-24-41(37-42(3,4)5)38-43(6,7)8)31-21-23-33(36)29(27-31)19-17-25-46(15,39-44(9,10)11)40-45(12,13)14/h17,19-23,26-27,35-36,41H,16,18,24-25H2,1-15H3. The minimum atomic E-state index is -2.43. The van der Waals surface area contributed by atoms with Crippen LogP contribution in [0, 0.1) is 0 Å². The molecule has 0 radical (unpaired) electrons. The number of rotatable bonds is 17. The van der Waals surface area contributed by atoms with Gasteiger partial charge in [-0.2, -0.15) is 0 Å². The summed E-state index contributed by atoms with van der Waals surface area (Å²) in [7, 11) is -11.2. The first-order valence-corrected chi connectivity index (χ1v) is 34.7. The lowest BCUT2D eigenvalue weighted by Crippen LogP contribution is -2.52. The molecule has 0 unspecified atom stereocenters. The summed E-state index contributed by atoms with van der Waals surface area (Å²) in [6.45, 7) is 33.2. The average molecular weight is 737 g/mol. The van der Waals surface area contributed by atoms with E-state index in [0.717, 1.165) is 47.2 Å². The fraction of sp³-hybridized carbons (Fsp3) is 0.588. The summed E-state index contributed by atoms with van der Waals surface area (Å²) in [6, 6.07) is 13.5. The van der Waals surface area contributed by atoms with Crippen LogP contribution in [0.25, 0.3) is 6.08 Å². The van der Waals surface area contributed by atoms with Crippen LogP contribution in [0.15, 0.2) is 42.5 Å². The molecule has 2 aromatic rings. The van der Waals surface area contributed by atoms with Crippen LogP contribution in [0.4, 0.5) is 0 Å². The summed E-state index contributed by atoms with van der Waals surface area (Å²) in [5.74, 6) is 0.584. The van der Waals surface area contributed by atoms with Crippen LogP contribution < -0.4 is 0 Å². The molecule has 0 amide bonds. The van der Waals surface area contributed by atoms with Gasteiger partial charge in [0.2, 0.25) is 0 Å². The average Bonchev–Trinajstić information content (AvgIpc) is 2.81. The summed E-state index contributed by atoms with van der Waals surface area (Å²) in [5.41, 5.74) is 3.61. The molecule has 2 N–H and O–H groups in total. The molecule has 12 heteroatoms. The van der Waals surface area contributed by atoms with Gasteiger partial charge in [0.15, 0.2) is 33.3 Å². The second-order valence-electron chi connectivity index (χ2n) is 17.2. The number of phenolic OH excluding ortho intramolecular Hbond substituents is 2. The minimum absolute atomic E-state index is 0.252. The number of benzene rings is 2. The van der Waals surface area contributed by atoms with E-state index in [1.54, 1.807) is 6.07 Å². The highest BCUT2D eigenvalue weighted by molar-refractivity contribution is 6.88. The van der Waals surface area contributed by atoms with Gasteiger partial charge in [-0.15, -0.1) is 0 Å². The molecule has 0 atom stereocenters. The molecule has 0 aliphatic carbocycles. The first-order chi connectivity index (χ1) is 20.7. The van der Waals surface area contributed by atoms with Crippen LogP contribution in [0.5, 0.6) is 11.5 Å². The minimum Gasteiger partial charge on any atom is -0.508 e. The van der Waals surface area contributed by atoms with Crippen molar-refractivity contribution in [1.82, 2.24) is 0 Å². The smallest absolute Gasteiger partial charge is 0.318 e. The molecule has 0 aromatic heterocycles. The molecule has 6 nitrogen and oxygen atoms in total. The van der Waals surface area contributed by atoms with Crippen molar-refractivity contribution in [2.24, 2.45) is 0 Å². The Bertz CT molecular complexity index is 1290. The van der Waals surface area contributed by atoms with E-state index in [1.807, 2.05) is 24.3 Å². The summed E-state index contributed by atoms with van der Waals surface area (Å²) >= 11 is 0. The largest absolute Gasteiger partial charge is 0.508 e. The fourth-order valence-electron chi connectivity index (χ4n) is 5.61. The molecule has 0 saturated heterocycles. The zero-order valence-electron chi connectivity index (χ0n) is 31.6. The maximum Gasteiger partial charge on any atom is 0.318 e. The second-order valence-corrected chi connectivity index (χ2v) is 41.7. The molecule has 0 aliphatic heterocycles. The first kappa shape index (κ1) is 41.1. The molecule has 2 aromatic carbocycles. The van der Waals surface area contributed by atoms with E-state index in [0.29, 0.717) is 5.75 Å². The molecule has 0 bridgehead atoms. The van der Waals surface area contributed by atoms with E-state index < -0.39 is 51.1 Å². The highest BCUT2D eigenvalue weighted by Gasteiger charge is 2.39. The highest BCUT2D eigenvalue weighted by Crippen LogP contribution is 2.37. The maximum atomic E-state index is 10.8. The van der Waals surface area contributed by atoms with Gasteiger partial charge in [0.1, 0.15) is 11.5 Å². The van der Waals surface area contributed by atoms with Crippen molar-refractivity contribution in [1.29, 1.82) is 0 Å². The highest BCUT2D eigenvalue weighted by atomic mass is 28.5. The number of hydrogen-bond acceptors (Lipinski definition) is 6. The van der Waals surface area contributed by atoms with Gasteiger partial charge in [-0.1, -0.05) is 44.2 Å². The van der Waals surface area contributed by atoms with Crippen LogP contribution in [0.3, 0.4) is 0 Å². The molecule has 46 heavy (non-hydrogen) atoms. The van der Waals surface area contributed by atoms with Crippen LogP contribution in [-0.4, -0.2) is 61.3 Å². The van der Waals surface area contributed by atoms with E-state index in [9.17, 15) is 10.2 Å². The Morgan fingerprint density at radius 2 is 1.15 bits per heavy atom. The van der Waals surface area contributed by atoms with Crippen molar-refractivity contribution in [3.05, 3.63) is 64.7 Å². The number of phenols is 2. The van der Waals surface area contributed by atoms with E-state index in [4.69, 9.17) is 16.5 Å². The summed E-state index contributed by atoms with van der Waals surface area (Å²) in [5, 5.41) is 21.6. The molecule has 0 spiro atoms. The van der Waals surface area contributed by atoms with E-state index in [1.165, 1.54) is 0 Å². The number of hydrogen-bond donors (Lipinski definition) is 2. The third-order valence-electron chi connectivity index (χ3n) is 7.24. The van der Waals surface area contributed by atoms with Crippen LogP contribution in [-0.2, 0) is 28.3 Å². The lowest BCUT2D eigenvalue weighted by Gasteiger charge is -2.38. The molecule has 2 rings (SSSR count). The molecule has 0 heterocycles. The van der Waals surface area contributed by atoms with Crippen molar-refractivity contribution in [3.63, 3.8) is 0 Å².